The van der Waals surface area contributed by atoms with Crippen LogP contribution in [-0.4, -0.2) is 16.9 Å². The van der Waals surface area contributed by atoms with Crippen molar-refractivity contribution in [3.8, 4) is 22.6 Å². The Morgan fingerprint density at radius 2 is 1.31 bits per heavy atom. The molecule has 4 aromatic carbocycles. The van der Waals surface area contributed by atoms with Crippen LogP contribution < -0.4 is 15.0 Å². The molecule has 5 rings (SSSR count). The Morgan fingerprint density at radius 1 is 0.714 bits per heavy atom. The Morgan fingerprint density at radius 3 is 2.03 bits per heavy atom. The van der Waals surface area contributed by atoms with Crippen LogP contribution in [0.2, 0.25) is 0 Å². The zero-order chi connectivity index (χ0) is 24.2. The number of amides is 2. The van der Waals surface area contributed by atoms with Gasteiger partial charge in [0.05, 0.1) is 5.69 Å². The third-order valence-corrected chi connectivity index (χ3v) is 5.81. The van der Waals surface area contributed by atoms with E-state index >= 15 is 0 Å². The maximum atomic E-state index is 13.5. The Hall–Kier alpha value is -4.55. The molecular formula is C29H20N2O3S. The number of rotatable bonds is 5. The van der Waals surface area contributed by atoms with Crippen molar-refractivity contribution in [1.29, 1.82) is 0 Å². The van der Waals surface area contributed by atoms with E-state index in [-0.39, 0.29) is 10.7 Å². The molecule has 1 aliphatic heterocycles. The predicted octanol–water partition coefficient (Wildman–Crippen LogP) is 5.98. The fourth-order valence-corrected chi connectivity index (χ4v) is 4.12. The van der Waals surface area contributed by atoms with Crippen LogP contribution >= 0.6 is 12.2 Å². The van der Waals surface area contributed by atoms with Gasteiger partial charge in [-0.05, 0) is 71.4 Å². The first-order chi connectivity index (χ1) is 17.1. The first-order valence-corrected chi connectivity index (χ1v) is 11.4. The Bertz CT molecular complexity index is 1430. The topological polar surface area (TPSA) is 58.6 Å². The SMILES string of the molecule is O=C1NC(=S)N(c2ccc(Oc3ccccc3)cc2)C(=O)C1=Cc1ccccc1-c1ccccc1. The molecule has 1 fully saturated rings. The van der Waals surface area contributed by atoms with Crippen LogP contribution in [0.5, 0.6) is 11.5 Å². The van der Waals surface area contributed by atoms with Crippen molar-refractivity contribution >= 4 is 40.9 Å². The minimum atomic E-state index is -0.525. The third-order valence-electron chi connectivity index (χ3n) is 5.52. The lowest BCUT2D eigenvalue weighted by molar-refractivity contribution is -0.122. The van der Waals surface area contributed by atoms with Gasteiger partial charge in [-0.2, -0.15) is 0 Å². The Balaban J connectivity index is 1.45. The van der Waals surface area contributed by atoms with E-state index in [0.29, 0.717) is 17.2 Å². The van der Waals surface area contributed by atoms with Crippen LogP contribution in [0.15, 0.2) is 115 Å². The fourth-order valence-electron chi connectivity index (χ4n) is 3.84. The molecule has 1 heterocycles. The number of thiocarbonyl (C=S) groups is 1. The molecule has 6 heteroatoms. The second kappa shape index (κ2) is 9.75. The minimum absolute atomic E-state index is 0.00610. The summed E-state index contributed by atoms with van der Waals surface area (Å²) in [7, 11) is 0. The van der Waals surface area contributed by atoms with Crippen LogP contribution in [-0.2, 0) is 9.59 Å². The molecule has 2 amide bonds. The highest BCUT2D eigenvalue weighted by atomic mass is 32.1. The number of nitrogens with one attached hydrogen (secondary N) is 1. The summed E-state index contributed by atoms with van der Waals surface area (Å²) in [6.07, 6.45) is 1.61. The van der Waals surface area contributed by atoms with Crippen molar-refractivity contribution in [1.82, 2.24) is 5.32 Å². The smallest absolute Gasteiger partial charge is 0.270 e. The van der Waals surface area contributed by atoms with Gasteiger partial charge < -0.3 is 4.74 Å². The molecule has 0 aliphatic carbocycles. The largest absolute Gasteiger partial charge is 0.457 e. The van der Waals surface area contributed by atoms with Crippen molar-refractivity contribution in [2.75, 3.05) is 4.90 Å². The summed E-state index contributed by atoms with van der Waals surface area (Å²) in [4.78, 5) is 27.5. The molecule has 0 saturated carbocycles. The van der Waals surface area contributed by atoms with Gasteiger partial charge in [0.2, 0.25) is 0 Å². The van der Waals surface area contributed by atoms with Crippen LogP contribution in [0.1, 0.15) is 5.56 Å². The highest BCUT2D eigenvalue weighted by molar-refractivity contribution is 7.80. The summed E-state index contributed by atoms with van der Waals surface area (Å²) in [5, 5.41) is 2.67. The summed E-state index contributed by atoms with van der Waals surface area (Å²) >= 11 is 5.34. The van der Waals surface area contributed by atoms with E-state index in [4.69, 9.17) is 17.0 Å². The number of carbonyl (C=O) groups excluding carboxylic acids is 2. The number of carbonyl (C=O) groups is 2. The molecule has 0 radical (unpaired) electrons. The highest BCUT2D eigenvalue weighted by Crippen LogP contribution is 2.29. The average Bonchev–Trinajstić information content (AvgIpc) is 2.89. The van der Waals surface area contributed by atoms with Crippen molar-refractivity contribution < 1.29 is 14.3 Å². The first-order valence-electron chi connectivity index (χ1n) is 11.0. The summed E-state index contributed by atoms with van der Waals surface area (Å²) in [5.41, 5.74) is 3.21. The van der Waals surface area contributed by atoms with Gasteiger partial charge in [-0.25, -0.2) is 0 Å². The van der Waals surface area contributed by atoms with E-state index in [1.54, 1.807) is 30.3 Å². The third kappa shape index (κ3) is 4.74. The number of hydrogen-bond donors (Lipinski definition) is 1. The average molecular weight is 477 g/mol. The van der Waals surface area contributed by atoms with E-state index in [0.717, 1.165) is 16.7 Å². The zero-order valence-electron chi connectivity index (χ0n) is 18.5. The van der Waals surface area contributed by atoms with Crippen molar-refractivity contribution in [2.45, 2.75) is 0 Å². The van der Waals surface area contributed by atoms with E-state index < -0.39 is 11.8 Å². The number of para-hydroxylation sites is 1. The molecule has 1 aliphatic rings. The standard InChI is InChI=1S/C29H20N2O3S/c32-27-26(19-21-11-7-8-14-25(21)20-9-3-1-4-10-20)28(33)31(29(35)30-27)22-15-17-24(18-16-22)34-23-12-5-2-6-13-23/h1-19H,(H,30,32,35). The van der Waals surface area contributed by atoms with E-state index in [1.807, 2.05) is 84.9 Å². The molecule has 35 heavy (non-hydrogen) atoms. The molecule has 0 bridgehead atoms. The van der Waals surface area contributed by atoms with Crippen LogP contribution in [0, 0.1) is 0 Å². The van der Waals surface area contributed by atoms with Crippen molar-refractivity contribution in [2.24, 2.45) is 0 Å². The van der Waals surface area contributed by atoms with Gasteiger partial charge in [0, 0.05) is 0 Å². The van der Waals surface area contributed by atoms with Crippen molar-refractivity contribution in [3.63, 3.8) is 0 Å². The molecular weight excluding hydrogens is 456 g/mol. The lowest BCUT2D eigenvalue weighted by Crippen LogP contribution is -2.54. The lowest BCUT2D eigenvalue weighted by atomic mass is 9.97. The van der Waals surface area contributed by atoms with Gasteiger partial charge in [0.15, 0.2) is 5.11 Å². The van der Waals surface area contributed by atoms with Gasteiger partial charge in [-0.1, -0.05) is 72.8 Å². The summed E-state index contributed by atoms with van der Waals surface area (Å²) in [6, 6.07) is 33.8. The molecule has 4 aromatic rings. The summed E-state index contributed by atoms with van der Waals surface area (Å²) in [5.74, 6) is 0.313. The number of hydrogen-bond acceptors (Lipinski definition) is 4. The quantitative estimate of drug-likeness (QED) is 0.219. The first kappa shape index (κ1) is 22.3. The number of nitrogens with zero attached hydrogens (tertiary/aromatic N) is 1. The monoisotopic (exact) mass is 476 g/mol. The maximum absolute atomic E-state index is 13.5. The van der Waals surface area contributed by atoms with E-state index in [1.165, 1.54) is 4.90 Å². The molecule has 0 spiro atoms. The maximum Gasteiger partial charge on any atom is 0.270 e. The minimum Gasteiger partial charge on any atom is -0.457 e. The molecule has 0 aromatic heterocycles. The van der Waals surface area contributed by atoms with Crippen LogP contribution in [0.4, 0.5) is 5.69 Å². The zero-order valence-corrected chi connectivity index (χ0v) is 19.4. The summed E-state index contributed by atoms with van der Waals surface area (Å²) < 4.78 is 5.83. The van der Waals surface area contributed by atoms with Gasteiger partial charge >= 0.3 is 0 Å². The molecule has 170 valence electrons. The molecule has 0 atom stereocenters. The molecule has 1 N–H and O–H groups in total. The lowest BCUT2D eigenvalue weighted by Gasteiger charge is -2.29. The highest BCUT2D eigenvalue weighted by Gasteiger charge is 2.34. The fraction of sp³-hybridized carbons (Fsp3) is 0. The number of ether oxygens (including phenoxy) is 1. The normalized spacial score (nSPS) is 14.7. The van der Waals surface area contributed by atoms with Gasteiger partial charge in [-0.3, -0.25) is 19.8 Å². The number of benzene rings is 4. The van der Waals surface area contributed by atoms with Crippen molar-refractivity contribution in [3.05, 3.63) is 120 Å². The van der Waals surface area contributed by atoms with Crippen LogP contribution in [0.3, 0.4) is 0 Å². The second-order valence-corrected chi connectivity index (χ2v) is 8.21. The van der Waals surface area contributed by atoms with Gasteiger partial charge in [0.1, 0.15) is 17.1 Å². The van der Waals surface area contributed by atoms with Gasteiger partial charge in [0.25, 0.3) is 11.8 Å². The van der Waals surface area contributed by atoms with Gasteiger partial charge in [-0.15, -0.1) is 0 Å². The van der Waals surface area contributed by atoms with E-state index in [9.17, 15) is 9.59 Å². The van der Waals surface area contributed by atoms with Crippen LogP contribution in [0.25, 0.3) is 17.2 Å². The second-order valence-electron chi connectivity index (χ2n) is 7.82. The number of anilines is 1. The molecule has 0 unspecified atom stereocenters. The Labute approximate surface area is 208 Å². The molecule has 5 nitrogen and oxygen atoms in total. The molecule has 1 saturated heterocycles. The summed E-state index contributed by atoms with van der Waals surface area (Å²) in [6.45, 7) is 0. The predicted molar refractivity (Wildman–Crippen MR) is 141 cm³/mol. The Kier molecular flexibility index (Phi) is 6.20. The van der Waals surface area contributed by atoms with E-state index in [2.05, 4.69) is 5.32 Å².